The second-order valence-electron chi connectivity index (χ2n) is 3.32. The molecule has 1 rings (SSSR count). The number of ether oxygens (including phenoxy) is 1. The van der Waals surface area contributed by atoms with Gasteiger partial charge in [0.2, 0.25) is 0 Å². The minimum absolute atomic E-state index is 0.0140. The van der Waals surface area contributed by atoms with E-state index in [1.807, 2.05) is 0 Å². The van der Waals surface area contributed by atoms with Crippen molar-refractivity contribution in [1.29, 1.82) is 0 Å². The molecule has 0 fully saturated rings. The van der Waals surface area contributed by atoms with E-state index in [-0.39, 0.29) is 17.9 Å². The molecule has 0 bridgehead atoms. The van der Waals surface area contributed by atoms with E-state index in [1.165, 1.54) is 12.1 Å². The van der Waals surface area contributed by atoms with Crippen molar-refractivity contribution >= 4 is 5.97 Å². The van der Waals surface area contributed by atoms with Gasteiger partial charge in [0.25, 0.3) is 0 Å². The zero-order valence-electron chi connectivity index (χ0n) is 8.81. The fourth-order valence-corrected chi connectivity index (χ4v) is 1.05. The van der Waals surface area contributed by atoms with Crippen LogP contribution in [0.3, 0.4) is 0 Å². The first-order chi connectivity index (χ1) is 7.54. The van der Waals surface area contributed by atoms with Crippen LogP contribution in [0.5, 0.6) is 5.75 Å². The van der Waals surface area contributed by atoms with Crippen molar-refractivity contribution in [3.8, 4) is 5.75 Å². The molecule has 1 atom stereocenters. The zero-order chi connectivity index (χ0) is 12.1. The third-order valence-corrected chi connectivity index (χ3v) is 2.08. The molecule has 0 spiro atoms. The van der Waals surface area contributed by atoms with Crippen LogP contribution in [-0.4, -0.2) is 28.9 Å². The van der Waals surface area contributed by atoms with E-state index >= 15 is 0 Å². The van der Waals surface area contributed by atoms with Crippen LogP contribution < -0.4 is 4.74 Å². The smallest absolute Gasteiger partial charge is 0.335 e. The number of hydrogen-bond acceptors (Lipinski definition) is 3. The highest BCUT2D eigenvalue weighted by Crippen LogP contribution is 2.18. The summed E-state index contributed by atoms with van der Waals surface area (Å²) in [5.74, 6) is -2.00. The Bertz CT molecular complexity index is 378. The number of aliphatic hydroxyl groups is 1. The average molecular weight is 228 g/mol. The van der Waals surface area contributed by atoms with Crippen LogP contribution in [0.1, 0.15) is 23.7 Å². The van der Waals surface area contributed by atoms with Crippen molar-refractivity contribution in [3.05, 3.63) is 29.6 Å². The van der Waals surface area contributed by atoms with Crippen molar-refractivity contribution in [2.75, 3.05) is 6.61 Å². The summed E-state index contributed by atoms with van der Waals surface area (Å²) in [6.07, 6.45) is -0.145. The van der Waals surface area contributed by atoms with Crippen LogP contribution >= 0.6 is 0 Å². The van der Waals surface area contributed by atoms with E-state index in [2.05, 4.69) is 0 Å². The van der Waals surface area contributed by atoms with Gasteiger partial charge >= 0.3 is 5.97 Å². The predicted octanol–water partition coefficient (Wildman–Crippen LogP) is 1.67. The number of hydrogen-bond donors (Lipinski definition) is 2. The van der Waals surface area contributed by atoms with Crippen molar-refractivity contribution in [3.63, 3.8) is 0 Å². The van der Waals surface area contributed by atoms with Gasteiger partial charge in [-0.25, -0.2) is 9.18 Å². The lowest BCUT2D eigenvalue weighted by atomic mass is 10.2. The van der Waals surface area contributed by atoms with E-state index in [0.717, 1.165) is 6.07 Å². The van der Waals surface area contributed by atoms with Crippen molar-refractivity contribution < 1.29 is 24.1 Å². The highest BCUT2D eigenvalue weighted by molar-refractivity contribution is 5.87. The highest BCUT2D eigenvalue weighted by atomic mass is 19.1. The summed E-state index contributed by atoms with van der Waals surface area (Å²) < 4.78 is 18.3. The summed E-state index contributed by atoms with van der Waals surface area (Å²) in [6, 6.07) is 3.37. The molecular weight excluding hydrogens is 215 g/mol. The zero-order valence-corrected chi connectivity index (χ0v) is 8.81. The molecule has 0 aliphatic rings. The standard InChI is InChI=1S/C11H13FO4/c1-2-8(13)6-16-10-4-3-7(11(14)15)5-9(10)12/h3-5,8,13H,2,6H2,1H3,(H,14,15). The molecule has 0 saturated carbocycles. The molecule has 1 unspecified atom stereocenters. The lowest BCUT2D eigenvalue weighted by Gasteiger charge is -2.10. The third kappa shape index (κ3) is 3.20. The molecule has 2 N–H and O–H groups in total. The Labute approximate surface area is 92.3 Å². The summed E-state index contributed by atoms with van der Waals surface area (Å²) in [7, 11) is 0. The number of rotatable bonds is 5. The second kappa shape index (κ2) is 5.46. The third-order valence-electron chi connectivity index (χ3n) is 2.08. The molecule has 16 heavy (non-hydrogen) atoms. The SMILES string of the molecule is CCC(O)COc1ccc(C(=O)O)cc1F. The molecular formula is C11H13FO4. The Balaban J connectivity index is 2.72. The fraction of sp³-hybridized carbons (Fsp3) is 0.364. The Kier molecular flexibility index (Phi) is 4.25. The Morgan fingerprint density at radius 1 is 1.56 bits per heavy atom. The molecule has 1 aromatic carbocycles. The molecule has 1 aromatic rings. The normalized spacial score (nSPS) is 12.2. The van der Waals surface area contributed by atoms with E-state index in [4.69, 9.17) is 9.84 Å². The first kappa shape index (κ1) is 12.4. The van der Waals surface area contributed by atoms with E-state index < -0.39 is 17.9 Å². The van der Waals surface area contributed by atoms with Gasteiger partial charge in [0.15, 0.2) is 11.6 Å². The van der Waals surface area contributed by atoms with Gasteiger partial charge in [0.05, 0.1) is 11.7 Å². The summed E-state index contributed by atoms with van der Waals surface area (Å²) in [5.41, 5.74) is -0.138. The monoisotopic (exact) mass is 228 g/mol. The summed E-state index contributed by atoms with van der Waals surface area (Å²) in [5, 5.41) is 17.8. The Hall–Kier alpha value is -1.62. The molecule has 0 aromatic heterocycles. The number of aromatic carboxylic acids is 1. The van der Waals surface area contributed by atoms with Crippen LogP contribution in [0.2, 0.25) is 0 Å². The van der Waals surface area contributed by atoms with E-state index in [1.54, 1.807) is 6.92 Å². The molecule has 0 heterocycles. The van der Waals surface area contributed by atoms with E-state index in [9.17, 15) is 14.3 Å². The van der Waals surface area contributed by atoms with Crippen LogP contribution in [-0.2, 0) is 0 Å². The first-order valence-corrected chi connectivity index (χ1v) is 4.88. The summed E-state index contributed by atoms with van der Waals surface area (Å²) in [6.45, 7) is 1.76. The molecule has 5 heteroatoms. The molecule has 0 aliphatic carbocycles. The first-order valence-electron chi connectivity index (χ1n) is 4.88. The highest BCUT2D eigenvalue weighted by Gasteiger charge is 2.10. The maximum atomic E-state index is 13.3. The lowest BCUT2D eigenvalue weighted by molar-refractivity contribution is 0.0695. The number of carboxylic acid groups (broad SMARTS) is 1. The average Bonchev–Trinajstić information content (AvgIpc) is 2.26. The van der Waals surface area contributed by atoms with Gasteiger partial charge in [-0.2, -0.15) is 0 Å². The lowest BCUT2D eigenvalue weighted by Crippen LogP contribution is -2.16. The molecule has 0 radical (unpaired) electrons. The topological polar surface area (TPSA) is 66.8 Å². The molecule has 88 valence electrons. The van der Waals surface area contributed by atoms with Gasteiger partial charge < -0.3 is 14.9 Å². The van der Waals surface area contributed by atoms with Gasteiger partial charge in [-0.15, -0.1) is 0 Å². The molecule has 0 saturated heterocycles. The largest absolute Gasteiger partial charge is 0.488 e. The predicted molar refractivity (Wildman–Crippen MR) is 55.2 cm³/mol. The van der Waals surface area contributed by atoms with Crippen molar-refractivity contribution in [2.45, 2.75) is 19.4 Å². The van der Waals surface area contributed by atoms with E-state index in [0.29, 0.717) is 6.42 Å². The van der Waals surface area contributed by atoms with Gasteiger partial charge in [-0.1, -0.05) is 6.92 Å². The van der Waals surface area contributed by atoms with Gasteiger partial charge in [-0.05, 0) is 24.6 Å². The number of halogens is 1. The van der Waals surface area contributed by atoms with Crippen LogP contribution in [0, 0.1) is 5.82 Å². The molecule has 0 amide bonds. The number of carboxylic acids is 1. The minimum atomic E-state index is -1.20. The van der Waals surface area contributed by atoms with Crippen LogP contribution in [0.15, 0.2) is 18.2 Å². The molecule has 4 nitrogen and oxygen atoms in total. The number of carbonyl (C=O) groups is 1. The summed E-state index contributed by atoms with van der Waals surface area (Å²) in [4.78, 5) is 10.5. The quantitative estimate of drug-likeness (QED) is 0.804. The minimum Gasteiger partial charge on any atom is -0.488 e. The van der Waals surface area contributed by atoms with Crippen molar-refractivity contribution in [1.82, 2.24) is 0 Å². The maximum Gasteiger partial charge on any atom is 0.335 e. The summed E-state index contributed by atoms with van der Waals surface area (Å²) >= 11 is 0. The molecule has 0 aliphatic heterocycles. The number of benzene rings is 1. The Morgan fingerprint density at radius 2 is 2.25 bits per heavy atom. The maximum absolute atomic E-state index is 13.3. The van der Waals surface area contributed by atoms with Crippen molar-refractivity contribution in [2.24, 2.45) is 0 Å². The Morgan fingerprint density at radius 3 is 2.75 bits per heavy atom. The van der Waals surface area contributed by atoms with Crippen LogP contribution in [0.25, 0.3) is 0 Å². The van der Waals surface area contributed by atoms with Crippen LogP contribution in [0.4, 0.5) is 4.39 Å². The van der Waals surface area contributed by atoms with Gasteiger partial charge in [0, 0.05) is 0 Å². The number of aliphatic hydroxyl groups excluding tert-OH is 1. The van der Waals surface area contributed by atoms with Gasteiger partial charge in [-0.3, -0.25) is 0 Å². The van der Waals surface area contributed by atoms with Gasteiger partial charge in [0.1, 0.15) is 6.61 Å². The second-order valence-corrected chi connectivity index (χ2v) is 3.32. The fourth-order valence-electron chi connectivity index (χ4n) is 1.05.